The molecule has 3 saturated heterocycles. The van der Waals surface area contributed by atoms with Gasteiger partial charge in [0.05, 0.1) is 19.8 Å². The zero-order valence-electron chi connectivity index (χ0n) is 17.7. The number of ether oxygens (including phenoxy) is 5. The normalized spacial score (nSPS) is 52.5. The molecule has 0 saturated carbocycles. The Morgan fingerprint density at radius 2 is 0.765 bits per heavy atom. The van der Waals surface area contributed by atoms with Gasteiger partial charge in [-0.3, -0.25) is 0 Å². The van der Waals surface area contributed by atoms with E-state index in [0.717, 1.165) is 0 Å². The molecule has 0 unspecified atom stereocenters. The molecule has 16 nitrogen and oxygen atoms in total. The fraction of sp³-hybridized carbons (Fsp3) is 1.00. The molecule has 0 aromatic heterocycles. The van der Waals surface area contributed by atoms with Crippen LogP contribution >= 0.6 is 0 Å². The molecule has 3 aliphatic rings. The molecule has 16 heteroatoms. The van der Waals surface area contributed by atoms with Crippen molar-refractivity contribution in [1.82, 2.24) is 0 Å². The summed E-state index contributed by atoms with van der Waals surface area (Å²) in [5, 5.41) is 109. The van der Waals surface area contributed by atoms with Crippen LogP contribution < -0.4 is 0 Å². The van der Waals surface area contributed by atoms with Gasteiger partial charge < -0.3 is 79.9 Å². The number of hydrogen-bond donors (Lipinski definition) is 11. The highest BCUT2D eigenvalue weighted by Crippen LogP contribution is 2.31. The third-order valence-corrected chi connectivity index (χ3v) is 6.08. The standard InChI is InChI=1S/C18H32O16/c19-1-4-7(22)10(25)12(27)16(30-4)33-15-9(24)6(3-21)32-18(14(15)29)34-17-13(28)11(26)8(23)5(2-20)31-17/h4-29H,1-3H2/t4-,5-,6-,7-,8-,9-,10+,11+,12-,13-,14-,15+,16-,17-,18-/m1/s1. The molecule has 0 aromatic rings. The highest BCUT2D eigenvalue weighted by molar-refractivity contribution is 4.95. The second-order valence-corrected chi connectivity index (χ2v) is 8.34. The van der Waals surface area contributed by atoms with Crippen LogP contribution in [0.4, 0.5) is 0 Å². The van der Waals surface area contributed by atoms with Crippen molar-refractivity contribution in [3.05, 3.63) is 0 Å². The molecule has 0 aromatic carbocycles. The average Bonchev–Trinajstić information content (AvgIpc) is 2.83. The summed E-state index contributed by atoms with van der Waals surface area (Å²) in [7, 11) is 0. The van der Waals surface area contributed by atoms with E-state index >= 15 is 0 Å². The molecule has 0 radical (unpaired) electrons. The lowest BCUT2D eigenvalue weighted by Crippen LogP contribution is -2.66. The van der Waals surface area contributed by atoms with Gasteiger partial charge in [0.15, 0.2) is 18.9 Å². The number of rotatable bonds is 7. The zero-order chi connectivity index (χ0) is 25.3. The van der Waals surface area contributed by atoms with Gasteiger partial charge in [-0.2, -0.15) is 0 Å². The summed E-state index contributed by atoms with van der Waals surface area (Å²) in [5.41, 5.74) is 0. The van der Waals surface area contributed by atoms with Gasteiger partial charge in [0, 0.05) is 0 Å². The molecule has 0 bridgehead atoms. The highest BCUT2D eigenvalue weighted by Gasteiger charge is 2.53. The monoisotopic (exact) mass is 504 g/mol. The van der Waals surface area contributed by atoms with E-state index in [2.05, 4.69) is 0 Å². The minimum Gasteiger partial charge on any atom is -0.394 e. The molecule has 3 rings (SSSR count). The molecule has 0 aliphatic carbocycles. The van der Waals surface area contributed by atoms with Crippen molar-refractivity contribution in [3.63, 3.8) is 0 Å². The van der Waals surface area contributed by atoms with Crippen LogP contribution in [0, 0.1) is 0 Å². The first-order valence-electron chi connectivity index (χ1n) is 10.6. The summed E-state index contributed by atoms with van der Waals surface area (Å²) in [4.78, 5) is 0. The first kappa shape index (κ1) is 27.9. The second kappa shape index (κ2) is 11.6. The fourth-order valence-electron chi connectivity index (χ4n) is 3.97. The Labute approximate surface area is 192 Å². The van der Waals surface area contributed by atoms with Gasteiger partial charge in [-0.1, -0.05) is 0 Å². The van der Waals surface area contributed by atoms with E-state index in [1.54, 1.807) is 0 Å². The maximum absolute atomic E-state index is 10.7. The smallest absolute Gasteiger partial charge is 0.189 e. The molecule has 34 heavy (non-hydrogen) atoms. The SMILES string of the molecule is OC[C@H]1O[C@H](O[C@H]2O[C@H](CO)[C@@H](O)[C@H](O[C@H]3O[C@H](CO)[C@@H](O)[C@H](O)[C@H]3O)[C@H]2O)[C@H](O)[C@@H](O)[C@@H]1O. The van der Waals surface area contributed by atoms with E-state index in [9.17, 15) is 56.2 Å². The summed E-state index contributed by atoms with van der Waals surface area (Å²) in [6.45, 7) is -2.32. The highest BCUT2D eigenvalue weighted by atomic mass is 16.8. The topological polar surface area (TPSA) is 269 Å². The quantitative estimate of drug-likeness (QED) is 0.154. The van der Waals surface area contributed by atoms with E-state index in [1.165, 1.54) is 0 Å². The van der Waals surface area contributed by atoms with Crippen LogP contribution in [0.5, 0.6) is 0 Å². The van der Waals surface area contributed by atoms with Crippen molar-refractivity contribution in [2.45, 2.75) is 92.1 Å². The van der Waals surface area contributed by atoms with Crippen LogP contribution in [0.15, 0.2) is 0 Å². The van der Waals surface area contributed by atoms with E-state index in [1.807, 2.05) is 0 Å². The Morgan fingerprint density at radius 1 is 0.412 bits per heavy atom. The lowest BCUT2D eigenvalue weighted by molar-refractivity contribution is -0.393. The summed E-state index contributed by atoms with van der Waals surface area (Å²) < 4.78 is 26.5. The zero-order valence-corrected chi connectivity index (χ0v) is 17.7. The number of hydrogen-bond acceptors (Lipinski definition) is 16. The third kappa shape index (κ3) is 5.37. The molecule has 0 spiro atoms. The Morgan fingerprint density at radius 3 is 1.18 bits per heavy atom. The Bertz CT molecular complexity index is 637. The predicted octanol–water partition coefficient (Wildman–Crippen LogP) is -7.57. The van der Waals surface area contributed by atoms with E-state index in [4.69, 9.17) is 23.7 Å². The van der Waals surface area contributed by atoms with Crippen molar-refractivity contribution in [2.75, 3.05) is 19.8 Å². The fourth-order valence-corrected chi connectivity index (χ4v) is 3.97. The van der Waals surface area contributed by atoms with Gasteiger partial charge in [-0.25, -0.2) is 0 Å². The molecule has 200 valence electrons. The number of aliphatic hydroxyl groups is 11. The Hall–Kier alpha value is -0.640. The number of aliphatic hydroxyl groups excluding tert-OH is 11. The average molecular weight is 504 g/mol. The molecule has 3 aliphatic heterocycles. The first-order valence-corrected chi connectivity index (χ1v) is 10.6. The molecule has 15 atom stereocenters. The van der Waals surface area contributed by atoms with Crippen molar-refractivity contribution >= 4 is 0 Å². The predicted molar refractivity (Wildman–Crippen MR) is 101 cm³/mol. The van der Waals surface area contributed by atoms with Gasteiger partial charge in [-0.15, -0.1) is 0 Å². The van der Waals surface area contributed by atoms with Crippen molar-refractivity contribution in [3.8, 4) is 0 Å². The maximum Gasteiger partial charge on any atom is 0.189 e. The van der Waals surface area contributed by atoms with Crippen LogP contribution in [-0.2, 0) is 23.7 Å². The second-order valence-electron chi connectivity index (χ2n) is 8.34. The molecule has 3 fully saturated rings. The van der Waals surface area contributed by atoms with Gasteiger partial charge in [0.25, 0.3) is 0 Å². The van der Waals surface area contributed by atoms with Crippen LogP contribution in [0.2, 0.25) is 0 Å². The molecular formula is C18H32O16. The van der Waals surface area contributed by atoms with Crippen LogP contribution in [0.25, 0.3) is 0 Å². The summed E-state index contributed by atoms with van der Waals surface area (Å²) >= 11 is 0. The van der Waals surface area contributed by atoms with E-state index in [0.29, 0.717) is 0 Å². The maximum atomic E-state index is 10.7. The van der Waals surface area contributed by atoms with Crippen LogP contribution in [-0.4, -0.2) is 168 Å². The van der Waals surface area contributed by atoms with Crippen LogP contribution in [0.3, 0.4) is 0 Å². The Balaban J connectivity index is 1.76. The van der Waals surface area contributed by atoms with Gasteiger partial charge >= 0.3 is 0 Å². The van der Waals surface area contributed by atoms with E-state index < -0.39 is 112 Å². The minimum atomic E-state index is -1.91. The summed E-state index contributed by atoms with van der Waals surface area (Å²) in [6.07, 6.45) is -25.4. The Kier molecular flexibility index (Phi) is 9.54. The molecule has 11 N–H and O–H groups in total. The van der Waals surface area contributed by atoms with Crippen LogP contribution in [0.1, 0.15) is 0 Å². The molecular weight excluding hydrogens is 472 g/mol. The van der Waals surface area contributed by atoms with Crippen molar-refractivity contribution in [2.24, 2.45) is 0 Å². The molecule has 0 amide bonds. The van der Waals surface area contributed by atoms with Gasteiger partial charge in [-0.05, 0) is 0 Å². The lowest BCUT2D eigenvalue weighted by Gasteiger charge is -2.47. The third-order valence-electron chi connectivity index (χ3n) is 6.08. The minimum absolute atomic E-state index is 0.750. The van der Waals surface area contributed by atoms with Gasteiger partial charge in [0.1, 0.15) is 73.2 Å². The lowest BCUT2D eigenvalue weighted by atomic mass is 9.96. The van der Waals surface area contributed by atoms with Gasteiger partial charge in [0.2, 0.25) is 0 Å². The summed E-state index contributed by atoms with van der Waals surface area (Å²) in [6, 6.07) is 0. The largest absolute Gasteiger partial charge is 0.394 e. The van der Waals surface area contributed by atoms with Crippen molar-refractivity contribution in [1.29, 1.82) is 0 Å². The molecule has 3 heterocycles. The first-order chi connectivity index (χ1) is 16.0. The summed E-state index contributed by atoms with van der Waals surface area (Å²) in [5.74, 6) is 0. The van der Waals surface area contributed by atoms with Crippen molar-refractivity contribution < 1.29 is 79.9 Å². The van der Waals surface area contributed by atoms with E-state index in [-0.39, 0.29) is 0 Å².